The molecule has 2 amide bonds. The lowest BCUT2D eigenvalue weighted by molar-refractivity contribution is 0.252. The van der Waals surface area contributed by atoms with E-state index in [1.807, 2.05) is 0 Å². The van der Waals surface area contributed by atoms with E-state index in [1.54, 1.807) is 24.3 Å². The van der Waals surface area contributed by atoms with E-state index < -0.39 is 16.1 Å². The van der Waals surface area contributed by atoms with Crippen LogP contribution < -0.4 is 30.0 Å². The summed E-state index contributed by atoms with van der Waals surface area (Å²) in [6, 6.07) is 8.99. The SMILES string of the molecule is COc1cc(NC(=O)NCCc2ccc(S(N)(=O)=O)cc2)cc(OC)c1OC. The quantitative estimate of drug-likeness (QED) is 0.609. The van der Waals surface area contributed by atoms with Crippen LogP contribution in [-0.4, -0.2) is 42.3 Å². The Bertz CT molecular complexity index is 904. The summed E-state index contributed by atoms with van der Waals surface area (Å²) in [5, 5.41) is 10.5. The first-order chi connectivity index (χ1) is 13.3. The normalized spacial score (nSPS) is 10.9. The second-order valence-corrected chi connectivity index (χ2v) is 7.30. The van der Waals surface area contributed by atoms with Gasteiger partial charge in [-0.3, -0.25) is 0 Å². The molecule has 2 aromatic carbocycles. The number of hydrogen-bond donors (Lipinski definition) is 3. The van der Waals surface area contributed by atoms with Crippen molar-refractivity contribution < 1.29 is 27.4 Å². The number of carbonyl (C=O) groups is 1. The van der Waals surface area contributed by atoms with Crippen LogP contribution in [0.2, 0.25) is 0 Å². The van der Waals surface area contributed by atoms with Gasteiger partial charge in [-0.05, 0) is 24.1 Å². The van der Waals surface area contributed by atoms with Crippen molar-refractivity contribution in [2.75, 3.05) is 33.2 Å². The highest BCUT2D eigenvalue weighted by atomic mass is 32.2. The molecule has 0 fully saturated rings. The van der Waals surface area contributed by atoms with Crippen LogP contribution in [0.1, 0.15) is 5.56 Å². The van der Waals surface area contributed by atoms with Gasteiger partial charge < -0.3 is 24.8 Å². The number of anilines is 1. The van der Waals surface area contributed by atoms with Crippen molar-refractivity contribution in [3.8, 4) is 17.2 Å². The molecule has 0 radical (unpaired) electrons. The Morgan fingerprint density at radius 1 is 1.00 bits per heavy atom. The lowest BCUT2D eigenvalue weighted by Crippen LogP contribution is -2.30. The van der Waals surface area contributed by atoms with Gasteiger partial charge in [-0.2, -0.15) is 0 Å². The fourth-order valence-corrected chi connectivity index (χ4v) is 3.01. The number of primary sulfonamides is 1. The van der Waals surface area contributed by atoms with Crippen molar-refractivity contribution in [3.63, 3.8) is 0 Å². The van der Waals surface area contributed by atoms with Gasteiger partial charge in [0.25, 0.3) is 0 Å². The molecule has 0 atom stereocenters. The van der Waals surface area contributed by atoms with Crippen molar-refractivity contribution in [3.05, 3.63) is 42.0 Å². The minimum atomic E-state index is -3.71. The second-order valence-electron chi connectivity index (χ2n) is 5.73. The smallest absolute Gasteiger partial charge is 0.319 e. The third-order valence-corrected chi connectivity index (χ3v) is 4.80. The zero-order valence-corrected chi connectivity index (χ0v) is 16.6. The molecule has 9 nitrogen and oxygen atoms in total. The van der Waals surface area contributed by atoms with Crippen LogP contribution >= 0.6 is 0 Å². The fourth-order valence-electron chi connectivity index (χ4n) is 2.49. The van der Waals surface area contributed by atoms with Crippen LogP contribution in [0.15, 0.2) is 41.3 Å². The van der Waals surface area contributed by atoms with Crippen molar-refractivity contribution in [1.29, 1.82) is 0 Å². The molecule has 0 aliphatic carbocycles. The number of ether oxygens (including phenoxy) is 3. The molecule has 0 bridgehead atoms. The van der Waals surface area contributed by atoms with E-state index in [4.69, 9.17) is 19.3 Å². The van der Waals surface area contributed by atoms with Gasteiger partial charge in [0.2, 0.25) is 15.8 Å². The number of benzene rings is 2. The number of rotatable bonds is 8. The highest BCUT2D eigenvalue weighted by Crippen LogP contribution is 2.39. The largest absolute Gasteiger partial charge is 0.493 e. The molecule has 152 valence electrons. The summed E-state index contributed by atoms with van der Waals surface area (Å²) in [5.74, 6) is 1.28. The standard InChI is InChI=1S/C18H23N3O6S/c1-25-15-10-13(11-16(26-2)17(15)27-3)21-18(22)20-9-8-12-4-6-14(7-5-12)28(19,23)24/h4-7,10-11H,8-9H2,1-3H3,(H2,19,23,24)(H2,20,21,22). The minimum Gasteiger partial charge on any atom is -0.493 e. The van der Waals surface area contributed by atoms with Crippen molar-refractivity contribution in [1.82, 2.24) is 5.32 Å². The Morgan fingerprint density at radius 2 is 1.57 bits per heavy atom. The molecule has 2 rings (SSSR count). The molecular weight excluding hydrogens is 386 g/mol. The molecule has 0 heterocycles. The number of sulfonamides is 1. The van der Waals surface area contributed by atoms with Crippen LogP contribution in [0.3, 0.4) is 0 Å². The molecule has 28 heavy (non-hydrogen) atoms. The zero-order chi connectivity index (χ0) is 20.7. The molecule has 0 aromatic heterocycles. The molecule has 0 saturated heterocycles. The third-order valence-electron chi connectivity index (χ3n) is 3.87. The van der Waals surface area contributed by atoms with Crippen LogP contribution in [0.4, 0.5) is 10.5 Å². The predicted molar refractivity (Wildman–Crippen MR) is 105 cm³/mol. The van der Waals surface area contributed by atoms with Gasteiger partial charge in [0, 0.05) is 18.7 Å². The summed E-state index contributed by atoms with van der Waals surface area (Å²) in [6.45, 7) is 0.352. The Balaban J connectivity index is 1.94. The van der Waals surface area contributed by atoms with Gasteiger partial charge in [0.05, 0.1) is 31.9 Å². The molecule has 2 aromatic rings. The number of nitrogens with one attached hydrogen (secondary N) is 2. The van der Waals surface area contributed by atoms with Crippen molar-refractivity contribution >= 4 is 21.7 Å². The molecule has 0 saturated carbocycles. The average molecular weight is 409 g/mol. The maximum atomic E-state index is 12.1. The van der Waals surface area contributed by atoms with Crippen LogP contribution in [0.25, 0.3) is 0 Å². The van der Waals surface area contributed by atoms with E-state index >= 15 is 0 Å². The first-order valence-electron chi connectivity index (χ1n) is 8.25. The monoisotopic (exact) mass is 409 g/mol. The van der Waals surface area contributed by atoms with Gasteiger partial charge in [0.15, 0.2) is 11.5 Å². The highest BCUT2D eigenvalue weighted by Gasteiger charge is 2.14. The Hall–Kier alpha value is -2.98. The molecule has 0 unspecified atom stereocenters. The molecule has 0 aliphatic heterocycles. The minimum absolute atomic E-state index is 0.0457. The summed E-state index contributed by atoms with van der Waals surface area (Å²) >= 11 is 0. The highest BCUT2D eigenvalue weighted by molar-refractivity contribution is 7.89. The fraction of sp³-hybridized carbons (Fsp3) is 0.278. The topological polar surface area (TPSA) is 129 Å². The van der Waals surface area contributed by atoms with E-state index in [0.29, 0.717) is 35.9 Å². The number of hydrogen-bond acceptors (Lipinski definition) is 6. The number of urea groups is 1. The van der Waals surface area contributed by atoms with Crippen LogP contribution in [0.5, 0.6) is 17.2 Å². The van der Waals surface area contributed by atoms with E-state index in [-0.39, 0.29) is 4.90 Å². The van der Waals surface area contributed by atoms with E-state index in [0.717, 1.165) is 5.56 Å². The molecule has 0 spiro atoms. The Morgan fingerprint density at radius 3 is 2.04 bits per heavy atom. The maximum Gasteiger partial charge on any atom is 0.319 e. The molecular formula is C18H23N3O6S. The zero-order valence-electron chi connectivity index (χ0n) is 15.8. The first-order valence-corrected chi connectivity index (χ1v) is 9.79. The summed E-state index contributed by atoms with van der Waals surface area (Å²) in [7, 11) is 0.759. The summed E-state index contributed by atoms with van der Waals surface area (Å²) < 4.78 is 38.2. The molecule has 4 N–H and O–H groups in total. The molecule has 10 heteroatoms. The summed E-state index contributed by atoms with van der Waals surface area (Å²) in [5.41, 5.74) is 1.34. The van der Waals surface area contributed by atoms with Gasteiger partial charge in [-0.15, -0.1) is 0 Å². The lowest BCUT2D eigenvalue weighted by atomic mass is 10.1. The van der Waals surface area contributed by atoms with Gasteiger partial charge >= 0.3 is 6.03 Å². The Labute approximate surface area is 163 Å². The van der Waals surface area contributed by atoms with E-state index in [9.17, 15) is 13.2 Å². The number of carbonyl (C=O) groups excluding carboxylic acids is 1. The summed E-state index contributed by atoms with van der Waals surface area (Å²) in [6.07, 6.45) is 0.521. The van der Waals surface area contributed by atoms with Crippen LogP contribution in [-0.2, 0) is 16.4 Å². The lowest BCUT2D eigenvalue weighted by Gasteiger charge is -2.15. The van der Waals surface area contributed by atoms with E-state index in [2.05, 4.69) is 10.6 Å². The number of nitrogens with two attached hydrogens (primary N) is 1. The van der Waals surface area contributed by atoms with Gasteiger partial charge in [0.1, 0.15) is 0 Å². The average Bonchev–Trinajstić information content (AvgIpc) is 2.66. The number of methoxy groups -OCH3 is 3. The predicted octanol–water partition coefficient (Wildman–Crippen LogP) is 1.72. The van der Waals surface area contributed by atoms with Gasteiger partial charge in [-0.1, -0.05) is 12.1 Å². The van der Waals surface area contributed by atoms with Gasteiger partial charge in [-0.25, -0.2) is 18.4 Å². The van der Waals surface area contributed by atoms with Crippen molar-refractivity contribution in [2.24, 2.45) is 5.14 Å². The van der Waals surface area contributed by atoms with Crippen LogP contribution in [0, 0.1) is 0 Å². The van der Waals surface area contributed by atoms with E-state index in [1.165, 1.54) is 33.5 Å². The van der Waals surface area contributed by atoms with Crippen molar-refractivity contribution in [2.45, 2.75) is 11.3 Å². The first kappa shape index (κ1) is 21.3. The maximum absolute atomic E-state index is 12.1. The second kappa shape index (κ2) is 9.29. The Kier molecular flexibility index (Phi) is 7.07. The molecule has 0 aliphatic rings. The third kappa shape index (κ3) is 5.51. The number of amides is 2. The summed E-state index contributed by atoms with van der Waals surface area (Å²) in [4.78, 5) is 12.2.